The molecule has 0 spiro atoms. The number of ether oxygens (including phenoxy) is 1. The highest BCUT2D eigenvalue weighted by molar-refractivity contribution is 5.71. The fourth-order valence-electron chi connectivity index (χ4n) is 2.44. The van der Waals surface area contributed by atoms with Crippen LogP contribution < -0.4 is 5.69 Å². The van der Waals surface area contributed by atoms with Crippen LogP contribution in [0.15, 0.2) is 4.79 Å². The number of carbonyl (C=O) groups is 1. The number of nitrogens with zero attached hydrogens (tertiary/aromatic N) is 2. The Labute approximate surface area is 124 Å². The number of aryl methyl sites for hydroxylation is 1. The molecule has 0 fully saturated rings. The zero-order valence-electron chi connectivity index (χ0n) is 13.0. The molecular formula is C15H24N2O4. The van der Waals surface area contributed by atoms with E-state index in [9.17, 15) is 9.59 Å². The maximum atomic E-state index is 12.1. The number of carboxylic acids is 1. The second kappa shape index (κ2) is 8.56. The van der Waals surface area contributed by atoms with Gasteiger partial charge in [-0.2, -0.15) is 4.98 Å². The molecule has 21 heavy (non-hydrogen) atoms. The van der Waals surface area contributed by atoms with Gasteiger partial charge in [-0.3, -0.25) is 9.36 Å². The Kier molecular flexibility index (Phi) is 7.08. The minimum Gasteiger partial charge on any atom is -0.481 e. The SMILES string of the molecule is CCOCCCn1c(CC)c(CC(=O)O)c(CC)nc1=O. The van der Waals surface area contributed by atoms with Gasteiger partial charge in [0.1, 0.15) is 0 Å². The van der Waals surface area contributed by atoms with Gasteiger partial charge in [-0.25, -0.2) is 4.79 Å². The number of aromatic nitrogens is 2. The van der Waals surface area contributed by atoms with Crippen molar-refractivity contribution in [1.29, 1.82) is 0 Å². The molecule has 0 aliphatic heterocycles. The molecule has 0 aromatic carbocycles. The summed E-state index contributed by atoms with van der Waals surface area (Å²) in [6.07, 6.45) is 1.79. The summed E-state index contributed by atoms with van der Waals surface area (Å²) in [4.78, 5) is 27.3. The van der Waals surface area contributed by atoms with E-state index in [0.29, 0.717) is 50.3 Å². The lowest BCUT2D eigenvalue weighted by molar-refractivity contribution is -0.136. The summed E-state index contributed by atoms with van der Waals surface area (Å²) in [6.45, 7) is 7.46. The number of hydrogen-bond donors (Lipinski definition) is 1. The van der Waals surface area contributed by atoms with Crippen LogP contribution in [0.2, 0.25) is 0 Å². The average molecular weight is 296 g/mol. The molecule has 1 rings (SSSR count). The Morgan fingerprint density at radius 1 is 1.29 bits per heavy atom. The lowest BCUT2D eigenvalue weighted by atomic mass is 10.0. The molecule has 1 N–H and O–H groups in total. The summed E-state index contributed by atoms with van der Waals surface area (Å²) in [6, 6.07) is 0. The first kappa shape index (κ1) is 17.4. The predicted octanol–water partition coefficient (Wildman–Crippen LogP) is 1.42. The Morgan fingerprint density at radius 2 is 2.00 bits per heavy atom. The number of aliphatic carboxylic acids is 1. The summed E-state index contributed by atoms with van der Waals surface area (Å²) < 4.78 is 6.87. The topological polar surface area (TPSA) is 81.4 Å². The molecule has 0 saturated heterocycles. The van der Waals surface area contributed by atoms with Crippen molar-refractivity contribution in [3.05, 3.63) is 27.4 Å². The van der Waals surface area contributed by atoms with E-state index in [1.54, 1.807) is 4.57 Å². The predicted molar refractivity (Wildman–Crippen MR) is 79.7 cm³/mol. The second-order valence-electron chi connectivity index (χ2n) is 4.75. The highest BCUT2D eigenvalue weighted by atomic mass is 16.5. The number of rotatable bonds is 9. The van der Waals surface area contributed by atoms with Crippen molar-refractivity contribution in [2.45, 2.75) is 53.0 Å². The highest BCUT2D eigenvalue weighted by Gasteiger charge is 2.17. The molecule has 6 heteroatoms. The molecule has 6 nitrogen and oxygen atoms in total. The van der Waals surface area contributed by atoms with Gasteiger partial charge >= 0.3 is 11.7 Å². The number of carboxylic acid groups (broad SMARTS) is 1. The van der Waals surface area contributed by atoms with Crippen LogP contribution in [0.5, 0.6) is 0 Å². The first-order valence-electron chi connectivity index (χ1n) is 7.46. The summed E-state index contributed by atoms with van der Waals surface area (Å²) in [5.74, 6) is -0.902. The van der Waals surface area contributed by atoms with E-state index in [2.05, 4.69) is 4.98 Å². The first-order valence-corrected chi connectivity index (χ1v) is 7.46. The molecule has 1 aromatic heterocycles. The van der Waals surface area contributed by atoms with Crippen LogP contribution in [0, 0.1) is 0 Å². The lowest BCUT2D eigenvalue weighted by Crippen LogP contribution is -2.30. The fourth-order valence-corrected chi connectivity index (χ4v) is 2.44. The zero-order valence-corrected chi connectivity index (χ0v) is 13.0. The molecule has 0 bridgehead atoms. The van der Waals surface area contributed by atoms with Crippen molar-refractivity contribution in [2.24, 2.45) is 0 Å². The van der Waals surface area contributed by atoms with E-state index in [4.69, 9.17) is 9.84 Å². The quantitative estimate of drug-likeness (QED) is 0.697. The van der Waals surface area contributed by atoms with Crippen molar-refractivity contribution < 1.29 is 14.6 Å². The van der Waals surface area contributed by atoms with E-state index in [-0.39, 0.29) is 12.1 Å². The van der Waals surface area contributed by atoms with Gasteiger partial charge in [0, 0.05) is 31.0 Å². The van der Waals surface area contributed by atoms with E-state index in [1.807, 2.05) is 20.8 Å². The minimum absolute atomic E-state index is 0.0922. The van der Waals surface area contributed by atoms with Crippen LogP contribution in [0.3, 0.4) is 0 Å². The molecule has 0 aliphatic rings. The maximum absolute atomic E-state index is 12.1. The highest BCUT2D eigenvalue weighted by Crippen LogP contribution is 2.14. The Bertz CT molecular complexity index is 537. The Morgan fingerprint density at radius 3 is 2.52 bits per heavy atom. The van der Waals surface area contributed by atoms with Gasteiger partial charge in [0.25, 0.3) is 0 Å². The van der Waals surface area contributed by atoms with E-state index in [0.717, 1.165) is 5.69 Å². The molecule has 0 amide bonds. The molecular weight excluding hydrogens is 272 g/mol. The number of hydrogen-bond acceptors (Lipinski definition) is 4. The lowest BCUT2D eigenvalue weighted by Gasteiger charge is -2.17. The van der Waals surface area contributed by atoms with Gasteiger partial charge in [-0.15, -0.1) is 0 Å². The van der Waals surface area contributed by atoms with Crippen LogP contribution in [-0.2, 0) is 35.3 Å². The molecule has 118 valence electrons. The van der Waals surface area contributed by atoms with Crippen molar-refractivity contribution in [3.8, 4) is 0 Å². The molecule has 0 atom stereocenters. The van der Waals surface area contributed by atoms with Crippen LogP contribution in [0.4, 0.5) is 0 Å². The second-order valence-corrected chi connectivity index (χ2v) is 4.75. The van der Waals surface area contributed by atoms with E-state index >= 15 is 0 Å². The van der Waals surface area contributed by atoms with Gasteiger partial charge in [0.15, 0.2) is 0 Å². The van der Waals surface area contributed by atoms with Crippen LogP contribution in [0.1, 0.15) is 44.1 Å². The monoisotopic (exact) mass is 296 g/mol. The summed E-state index contributed by atoms with van der Waals surface area (Å²) in [5, 5.41) is 9.08. The van der Waals surface area contributed by atoms with Crippen molar-refractivity contribution in [3.63, 3.8) is 0 Å². The van der Waals surface area contributed by atoms with Gasteiger partial charge in [-0.05, 0) is 26.2 Å². The van der Waals surface area contributed by atoms with Crippen LogP contribution in [-0.4, -0.2) is 33.8 Å². The molecule has 0 radical (unpaired) electrons. The van der Waals surface area contributed by atoms with Crippen molar-refractivity contribution in [1.82, 2.24) is 9.55 Å². The van der Waals surface area contributed by atoms with Crippen molar-refractivity contribution in [2.75, 3.05) is 13.2 Å². The van der Waals surface area contributed by atoms with Crippen LogP contribution in [0.25, 0.3) is 0 Å². The van der Waals surface area contributed by atoms with Gasteiger partial charge in [0.05, 0.1) is 12.1 Å². The smallest absolute Gasteiger partial charge is 0.347 e. The van der Waals surface area contributed by atoms with Gasteiger partial charge in [0.2, 0.25) is 0 Å². The average Bonchev–Trinajstić information content (AvgIpc) is 2.45. The third-order valence-corrected chi connectivity index (χ3v) is 3.36. The molecule has 0 aliphatic carbocycles. The first-order chi connectivity index (χ1) is 10.0. The Balaban J connectivity index is 3.16. The molecule has 0 saturated carbocycles. The molecule has 0 unspecified atom stereocenters. The third kappa shape index (κ3) is 4.67. The summed E-state index contributed by atoms with van der Waals surface area (Å²) >= 11 is 0. The maximum Gasteiger partial charge on any atom is 0.347 e. The molecule has 1 aromatic rings. The fraction of sp³-hybridized carbons (Fsp3) is 0.667. The van der Waals surface area contributed by atoms with Gasteiger partial charge in [-0.1, -0.05) is 13.8 Å². The Hall–Kier alpha value is -1.69. The minimum atomic E-state index is -0.902. The molecule has 1 heterocycles. The summed E-state index contributed by atoms with van der Waals surface area (Å²) in [5.41, 5.74) is 1.77. The van der Waals surface area contributed by atoms with Crippen LogP contribution >= 0.6 is 0 Å². The normalized spacial score (nSPS) is 10.8. The van der Waals surface area contributed by atoms with E-state index in [1.165, 1.54) is 0 Å². The summed E-state index contributed by atoms with van der Waals surface area (Å²) in [7, 11) is 0. The zero-order chi connectivity index (χ0) is 15.8. The van der Waals surface area contributed by atoms with E-state index < -0.39 is 5.97 Å². The third-order valence-electron chi connectivity index (χ3n) is 3.36. The largest absolute Gasteiger partial charge is 0.481 e. The van der Waals surface area contributed by atoms with Gasteiger partial charge < -0.3 is 9.84 Å². The van der Waals surface area contributed by atoms with Crippen molar-refractivity contribution >= 4 is 5.97 Å². The standard InChI is InChI=1S/C15H24N2O4/c1-4-12-11(10-14(18)19)13(5-2)17(15(20)16-12)8-7-9-21-6-3/h4-10H2,1-3H3,(H,18,19).